The molecule has 0 bridgehead atoms. The number of ether oxygens (including phenoxy) is 2. The van der Waals surface area contributed by atoms with Gasteiger partial charge in [-0.25, -0.2) is 13.6 Å². The second-order valence-electron chi connectivity index (χ2n) is 8.17. The quantitative estimate of drug-likeness (QED) is 0.296. The molecule has 3 N–H and O–H groups in total. The molecular weight excluding hydrogens is 484 g/mol. The van der Waals surface area contributed by atoms with Gasteiger partial charge in [-0.05, 0) is 72.6 Å². The maximum absolute atomic E-state index is 13.3. The monoisotopic (exact) mass is 508 g/mol. The molecule has 1 unspecified atom stereocenters. The first-order valence-electron chi connectivity index (χ1n) is 10.8. The third kappa shape index (κ3) is 4.43. The van der Waals surface area contributed by atoms with Crippen LogP contribution >= 0.6 is 0 Å². The number of anilines is 1. The van der Waals surface area contributed by atoms with Gasteiger partial charge in [0, 0.05) is 11.3 Å². The number of amides is 1. The van der Waals surface area contributed by atoms with E-state index < -0.39 is 27.8 Å². The van der Waals surface area contributed by atoms with Crippen molar-refractivity contribution in [3.05, 3.63) is 89.0 Å². The average Bonchev–Trinajstić information content (AvgIpc) is 3.13. The SMILES string of the molecule is COc1cccc(C2/C(=C(\O)c3ccc(OC)c(C)c3)C(=O)C(=O)N2c2ccc(S(N)(=O)=O)cc2)c1. The molecule has 1 amide bonds. The first-order valence-corrected chi connectivity index (χ1v) is 12.3. The summed E-state index contributed by atoms with van der Waals surface area (Å²) in [5.41, 5.74) is 1.71. The summed E-state index contributed by atoms with van der Waals surface area (Å²) in [6, 6.07) is 16.0. The van der Waals surface area contributed by atoms with Crippen molar-refractivity contribution in [2.75, 3.05) is 19.1 Å². The summed E-state index contributed by atoms with van der Waals surface area (Å²) in [6.07, 6.45) is 0. The Morgan fingerprint density at radius 1 is 0.972 bits per heavy atom. The molecule has 0 aliphatic carbocycles. The van der Waals surface area contributed by atoms with Gasteiger partial charge in [0.05, 0.1) is 30.7 Å². The Hall–Kier alpha value is -4.15. The number of aliphatic hydroxyl groups is 1. The fourth-order valence-electron chi connectivity index (χ4n) is 4.20. The Morgan fingerprint density at radius 2 is 1.67 bits per heavy atom. The van der Waals surface area contributed by atoms with Crippen molar-refractivity contribution in [1.82, 2.24) is 0 Å². The van der Waals surface area contributed by atoms with Crippen molar-refractivity contribution in [3.63, 3.8) is 0 Å². The number of hydrogen-bond acceptors (Lipinski definition) is 7. The van der Waals surface area contributed by atoms with Crippen LogP contribution in [0.2, 0.25) is 0 Å². The van der Waals surface area contributed by atoms with Gasteiger partial charge in [-0.1, -0.05) is 12.1 Å². The van der Waals surface area contributed by atoms with Crippen molar-refractivity contribution in [3.8, 4) is 11.5 Å². The highest BCUT2D eigenvalue weighted by Crippen LogP contribution is 2.43. The maximum atomic E-state index is 13.3. The molecule has 4 rings (SSSR count). The van der Waals surface area contributed by atoms with Gasteiger partial charge in [0.2, 0.25) is 10.0 Å². The van der Waals surface area contributed by atoms with Crippen LogP contribution in [0.1, 0.15) is 22.7 Å². The lowest BCUT2D eigenvalue weighted by atomic mass is 9.94. The Labute approximate surface area is 208 Å². The van der Waals surface area contributed by atoms with Crippen LogP contribution in [0.15, 0.2) is 77.2 Å². The lowest BCUT2D eigenvalue weighted by molar-refractivity contribution is -0.132. The molecule has 10 heteroatoms. The molecule has 1 aliphatic heterocycles. The summed E-state index contributed by atoms with van der Waals surface area (Å²) in [5.74, 6) is -1.02. The first kappa shape index (κ1) is 25.0. The average molecular weight is 509 g/mol. The van der Waals surface area contributed by atoms with E-state index in [-0.39, 0.29) is 21.9 Å². The molecule has 36 heavy (non-hydrogen) atoms. The molecule has 3 aromatic carbocycles. The van der Waals surface area contributed by atoms with Crippen LogP contribution in [-0.2, 0) is 19.6 Å². The first-order chi connectivity index (χ1) is 17.1. The number of carbonyl (C=O) groups excluding carboxylic acids is 2. The molecule has 1 heterocycles. The zero-order valence-electron chi connectivity index (χ0n) is 19.8. The second-order valence-corrected chi connectivity index (χ2v) is 9.73. The Bertz CT molecular complexity index is 1490. The fraction of sp³-hybridized carbons (Fsp3) is 0.154. The molecule has 9 nitrogen and oxygen atoms in total. The van der Waals surface area contributed by atoms with E-state index in [0.29, 0.717) is 22.6 Å². The van der Waals surface area contributed by atoms with Crippen LogP contribution in [0.5, 0.6) is 11.5 Å². The summed E-state index contributed by atoms with van der Waals surface area (Å²) in [4.78, 5) is 27.6. The predicted octanol–water partition coefficient (Wildman–Crippen LogP) is 3.29. The minimum Gasteiger partial charge on any atom is -0.507 e. The van der Waals surface area contributed by atoms with Crippen LogP contribution in [0, 0.1) is 6.92 Å². The smallest absolute Gasteiger partial charge is 0.300 e. The topological polar surface area (TPSA) is 136 Å². The number of aliphatic hydroxyl groups excluding tert-OH is 1. The highest BCUT2D eigenvalue weighted by atomic mass is 32.2. The Morgan fingerprint density at radius 3 is 2.25 bits per heavy atom. The number of ketones is 1. The van der Waals surface area contributed by atoms with Crippen molar-refractivity contribution in [1.29, 1.82) is 0 Å². The Kier molecular flexibility index (Phi) is 6.57. The second kappa shape index (κ2) is 9.48. The molecule has 1 aliphatic rings. The van der Waals surface area contributed by atoms with Gasteiger partial charge in [-0.15, -0.1) is 0 Å². The number of nitrogens with zero attached hydrogens (tertiary/aromatic N) is 1. The lowest BCUT2D eigenvalue weighted by Gasteiger charge is -2.26. The van der Waals surface area contributed by atoms with Crippen LogP contribution in [0.25, 0.3) is 5.76 Å². The number of primary sulfonamides is 1. The molecule has 0 spiro atoms. The van der Waals surface area contributed by atoms with E-state index in [9.17, 15) is 23.1 Å². The summed E-state index contributed by atoms with van der Waals surface area (Å²) in [7, 11) is -0.945. The van der Waals surface area contributed by atoms with Crippen molar-refractivity contribution in [2.24, 2.45) is 5.14 Å². The van der Waals surface area contributed by atoms with E-state index in [0.717, 1.165) is 5.56 Å². The molecule has 0 saturated carbocycles. The molecule has 1 fully saturated rings. The van der Waals surface area contributed by atoms with E-state index >= 15 is 0 Å². The van der Waals surface area contributed by atoms with Gasteiger partial charge >= 0.3 is 0 Å². The number of aryl methyl sites for hydroxylation is 1. The number of benzene rings is 3. The summed E-state index contributed by atoms with van der Waals surface area (Å²) >= 11 is 0. The summed E-state index contributed by atoms with van der Waals surface area (Å²) < 4.78 is 34.0. The van der Waals surface area contributed by atoms with E-state index in [1.54, 1.807) is 49.4 Å². The number of nitrogens with two attached hydrogens (primary N) is 1. The third-order valence-electron chi connectivity index (χ3n) is 5.97. The third-order valence-corrected chi connectivity index (χ3v) is 6.89. The number of carbonyl (C=O) groups is 2. The summed E-state index contributed by atoms with van der Waals surface area (Å²) in [5, 5.41) is 16.5. The standard InChI is InChI=1S/C26H24N2O7S/c1-15-13-17(7-12-21(15)35-3)24(29)22-23(16-5-4-6-19(14-16)34-2)28(26(31)25(22)30)18-8-10-20(11-9-18)36(27,32)33/h4-14,23,29H,1-3H3,(H2,27,32,33)/b24-22+. The number of rotatable bonds is 6. The van der Waals surface area contributed by atoms with Gasteiger partial charge in [-0.3, -0.25) is 14.5 Å². The zero-order valence-corrected chi connectivity index (χ0v) is 20.6. The normalized spacial score (nSPS) is 17.3. The molecular formula is C26H24N2O7S. The van der Waals surface area contributed by atoms with Gasteiger partial charge in [0.25, 0.3) is 11.7 Å². The molecule has 3 aromatic rings. The molecule has 0 aromatic heterocycles. The zero-order chi connectivity index (χ0) is 26.2. The minimum atomic E-state index is -3.96. The Balaban J connectivity index is 1.93. The molecule has 0 radical (unpaired) electrons. The van der Waals surface area contributed by atoms with Gasteiger partial charge < -0.3 is 14.6 Å². The van der Waals surface area contributed by atoms with E-state index in [2.05, 4.69) is 0 Å². The summed E-state index contributed by atoms with van der Waals surface area (Å²) in [6.45, 7) is 1.79. The highest BCUT2D eigenvalue weighted by molar-refractivity contribution is 7.89. The van der Waals surface area contributed by atoms with Crippen LogP contribution in [0.3, 0.4) is 0 Å². The largest absolute Gasteiger partial charge is 0.507 e. The lowest BCUT2D eigenvalue weighted by Crippen LogP contribution is -2.29. The van der Waals surface area contributed by atoms with Gasteiger partial charge in [-0.2, -0.15) is 0 Å². The molecule has 186 valence electrons. The van der Waals surface area contributed by atoms with Crippen LogP contribution in [0.4, 0.5) is 5.69 Å². The number of hydrogen-bond donors (Lipinski definition) is 2. The number of Topliss-reactive ketones (excluding diaryl/α,β-unsaturated/α-hetero) is 1. The van der Waals surface area contributed by atoms with Crippen molar-refractivity contribution >= 4 is 33.2 Å². The van der Waals surface area contributed by atoms with Crippen LogP contribution in [-0.4, -0.2) is 39.4 Å². The van der Waals surface area contributed by atoms with E-state index in [1.165, 1.54) is 43.4 Å². The van der Waals surface area contributed by atoms with Gasteiger partial charge in [0.15, 0.2) is 0 Å². The maximum Gasteiger partial charge on any atom is 0.300 e. The molecule has 1 atom stereocenters. The number of sulfonamides is 1. The van der Waals surface area contributed by atoms with Gasteiger partial charge in [0.1, 0.15) is 17.3 Å². The molecule has 1 saturated heterocycles. The number of methoxy groups -OCH3 is 2. The van der Waals surface area contributed by atoms with Crippen LogP contribution < -0.4 is 19.5 Å². The van der Waals surface area contributed by atoms with E-state index in [1.807, 2.05) is 0 Å². The van der Waals surface area contributed by atoms with Crippen molar-refractivity contribution in [2.45, 2.75) is 17.9 Å². The minimum absolute atomic E-state index is 0.117. The van der Waals surface area contributed by atoms with Crippen molar-refractivity contribution < 1.29 is 32.6 Å². The predicted molar refractivity (Wildman–Crippen MR) is 133 cm³/mol. The fourth-order valence-corrected chi connectivity index (χ4v) is 4.72. The van der Waals surface area contributed by atoms with E-state index in [4.69, 9.17) is 14.6 Å². The highest BCUT2D eigenvalue weighted by Gasteiger charge is 2.47.